The molecular weight excluding hydrogens is 329 g/mol. The van der Waals surface area contributed by atoms with Crippen molar-refractivity contribution in [2.45, 2.75) is 26.4 Å². The van der Waals surface area contributed by atoms with E-state index >= 15 is 0 Å². The summed E-state index contributed by atoms with van der Waals surface area (Å²) in [7, 11) is 0. The molecule has 0 spiro atoms. The summed E-state index contributed by atoms with van der Waals surface area (Å²) in [5.74, 6) is -0.452. The number of fused-ring (bicyclic) bond motifs is 1. The normalized spacial score (nSPS) is 14.8. The van der Waals surface area contributed by atoms with Gasteiger partial charge in [0.2, 0.25) is 0 Å². The SMILES string of the molecule is CC1=C(Cc2ccc(C(F)(F)F)cc2)C(=O)c2ccc(C)cc2C1=O. The third-order valence-corrected chi connectivity index (χ3v) is 4.39. The Kier molecular flexibility index (Phi) is 4.11. The van der Waals surface area contributed by atoms with Crippen molar-refractivity contribution in [1.29, 1.82) is 0 Å². The zero-order chi connectivity index (χ0) is 18.4. The van der Waals surface area contributed by atoms with Crippen LogP contribution in [0.4, 0.5) is 13.2 Å². The van der Waals surface area contributed by atoms with Crippen LogP contribution in [0.1, 0.15) is 44.3 Å². The first-order valence-electron chi connectivity index (χ1n) is 7.74. The number of Topliss-reactive ketones (excluding diaryl/α,β-unsaturated/α-hetero) is 2. The van der Waals surface area contributed by atoms with Crippen LogP contribution in [0.25, 0.3) is 0 Å². The van der Waals surface area contributed by atoms with Crippen molar-refractivity contribution in [3.8, 4) is 0 Å². The summed E-state index contributed by atoms with van der Waals surface area (Å²) in [5.41, 5.74) is 2.12. The van der Waals surface area contributed by atoms with E-state index in [9.17, 15) is 22.8 Å². The molecule has 0 aromatic heterocycles. The van der Waals surface area contributed by atoms with Crippen LogP contribution in [0.15, 0.2) is 53.6 Å². The van der Waals surface area contributed by atoms with Gasteiger partial charge in [-0.25, -0.2) is 0 Å². The van der Waals surface area contributed by atoms with Crippen molar-refractivity contribution >= 4 is 11.6 Å². The van der Waals surface area contributed by atoms with Crippen LogP contribution in [0, 0.1) is 6.92 Å². The Labute approximate surface area is 143 Å². The fourth-order valence-corrected chi connectivity index (χ4v) is 2.94. The smallest absolute Gasteiger partial charge is 0.289 e. The van der Waals surface area contributed by atoms with E-state index in [0.29, 0.717) is 27.8 Å². The third-order valence-electron chi connectivity index (χ3n) is 4.39. The van der Waals surface area contributed by atoms with Crippen molar-refractivity contribution in [3.63, 3.8) is 0 Å². The van der Waals surface area contributed by atoms with Crippen molar-refractivity contribution in [3.05, 3.63) is 81.4 Å². The number of rotatable bonds is 2. The van der Waals surface area contributed by atoms with Gasteiger partial charge in [-0.05, 0) is 37.6 Å². The van der Waals surface area contributed by atoms with Gasteiger partial charge in [-0.15, -0.1) is 0 Å². The topological polar surface area (TPSA) is 34.1 Å². The van der Waals surface area contributed by atoms with Crippen LogP contribution in [0.2, 0.25) is 0 Å². The molecule has 2 nitrogen and oxygen atoms in total. The molecule has 0 saturated heterocycles. The number of benzene rings is 2. The first kappa shape index (κ1) is 17.1. The van der Waals surface area contributed by atoms with Gasteiger partial charge in [0.1, 0.15) is 0 Å². The van der Waals surface area contributed by atoms with Crippen molar-refractivity contribution < 1.29 is 22.8 Å². The molecule has 5 heteroatoms. The van der Waals surface area contributed by atoms with Gasteiger partial charge >= 0.3 is 6.18 Å². The fourth-order valence-electron chi connectivity index (χ4n) is 2.94. The van der Waals surface area contributed by atoms with Crippen LogP contribution in [-0.4, -0.2) is 11.6 Å². The number of hydrogen-bond acceptors (Lipinski definition) is 2. The Balaban J connectivity index is 1.95. The van der Waals surface area contributed by atoms with Crippen molar-refractivity contribution in [2.75, 3.05) is 0 Å². The molecule has 25 heavy (non-hydrogen) atoms. The van der Waals surface area contributed by atoms with Crippen LogP contribution in [0.3, 0.4) is 0 Å². The number of allylic oxidation sites excluding steroid dienone is 2. The molecule has 0 radical (unpaired) electrons. The molecule has 0 fully saturated rings. The number of hydrogen-bond donors (Lipinski definition) is 0. The quantitative estimate of drug-likeness (QED) is 0.772. The summed E-state index contributed by atoms with van der Waals surface area (Å²) in [6.45, 7) is 3.43. The first-order chi connectivity index (χ1) is 11.7. The second-order valence-electron chi connectivity index (χ2n) is 6.18. The van der Waals surface area contributed by atoms with E-state index in [-0.39, 0.29) is 18.0 Å². The van der Waals surface area contributed by atoms with E-state index in [1.807, 2.05) is 6.92 Å². The van der Waals surface area contributed by atoms with Crippen LogP contribution >= 0.6 is 0 Å². The average molecular weight is 344 g/mol. The largest absolute Gasteiger partial charge is 0.416 e. The average Bonchev–Trinajstić information content (AvgIpc) is 2.56. The van der Waals surface area contributed by atoms with Crippen LogP contribution in [0.5, 0.6) is 0 Å². The Morgan fingerprint density at radius 3 is 2.08 bits per heavy atom. The van der Waals surface area contributed by atoms with E-state index in [0.717, 1.165) is 17.7 Å². The Morgan fingerprint density at radius 2 is 1.48 bits per heavy atom. The maximum atomic E-state index is 12.7. The standard InChI is InChI=1S/C20H15F3O2/c1-11-3-8-15-17(9-11)18(24)12(2)16(19(15)25)10-13-4-6-14(7-5-13)20(21,22)23/h3-9H,10H2,1-2H3. The van der Waals surface area contributed by atoms with Gasteiger partial charge in [-0.3, -0.25) is 9.59 Å². The Bertz CT molecular complexity index is 904. The zero-order valence-corrected chi connectivity index (χ0v) is 13.7. The Morgan fingerprint density at radius 1 is 0.840 bits per heavy atom. The lowest BCUT2D eigenvalue weighted by Crippen LogP contribution is -2.22. The summed E-state index contributed by atoms with van der Waals surface area (Å²) in [6.07, 6.45) is -4.27. The highest BCUT2D eigenvalue weighted by molar-refractivity contribution is 6.26. The fraction of sp³-hybridized carbons (Fsp3) is 0.200. The lowest BCUT2D eigenvalue weighted by atomic mass is 9.81. The highest BCUT2D eigenvalue weighted by atomic mass is 19.4. The summed E-state index contributed by atoms with van der Waals surface area (Å²) >= 11 is 0. The summed E-state index contributed by atoms with van der Waals surface area (Å²) in [5, 5.41) is 0. The second-order valence-corrected chi connectivity index (χ2v) is 6.18. The number of carbonyl (C=O) groups is 2. The molecule has 0 atom stereocenters. The number of halogens is 3. The molecule has 0 saturated carbocycles. The van der Waals surface area contributed by atoms with Gasteiger partial charge in [0, 0.05) is 28.7 Å². The van der Waals surface area contributed by atoms with Gasteiger partial charge in [0.25, 0.3) is 0 Å². The van der Waals surface area contributed by atoms with Crippen LogP contribution in [-0.2, 0) is 12.6 Å². The van der Waals surface area contributed by atoms with Gasteiger partial charge in [-0.2, -0.15) is 13.2 Å². The molecule has 0 bridgehead atoms. The maximum Gasteiger partial charge on any atom is 0.416 e. The molecule has 0 N–H and O–H groups in total. The van der Waals surface area contributed by atoms with E-state index in [1.54, 1.807) is 25.1 Å². The van der Waals surface area contributed by atoms with Gasteiger partial charge in [-0.1, -0.05) is 29.8 Å². The Hall–Kier alpha value is -2.69. The minimum atomic E-state index is -4.40. The zero-order valence-electron chi connectivity index (χ0n) is 13.7. The summed E-state index contributed by atoms with van der Waals surface area (Å²) in [6, 6.07) is 9.73. The predicted octanol–water partition coefficient (Wildman–Crippen LogP) is 4.95. The highest BCUT2D eigenvalue weighted by Crippen LogP contribution is 2.31. The minimum absolute atomic E-state index is 0.127. The van der Waals surface area contributed by atoms with Gasteiger partial charge in [0.15, 0.2) is 11.6 Å². The molecule has 0 unspecified atom stereocenters. The first-order valence-corrected chi connectivity index (χ1v) is 7.74. The van der Waals surface area contributed by atoms with Gasteiger partial charge in [0.05, 0.1) is 5.56 Å². The molecule has 2 aromatic rings. The molecule has 1 aliphatic rings. The molecule has 1 aliphatic carbocycles. The van der Waals surface area contributed by atoms with E-state index in [1.165, 1.54) is 12.1 Å². The lowest BCUT2D eigenvalue weighted by molar-refractivity contribution is -0.137. The second kappa shape index (κ2) is 5.99. The highest BCUT2D eigenvalue weighted by Gasteiger charge is 2.31. The number of alkyl halides is 3. The summed E-state index contributed by atoms with van der Waals surface area (Å²) in [4.78, 5) is 25.3. The van der Waals surface area contributed by atoms with Crippen LogP contribution < -0.4 is 0 Å². The lowest BCUT2D eigenvalue weighted by Gasteiger charge is -2.19. The minimum Gasteiger partial charge on any atom is -0.289 e. The number of carbonyl (C=O) groups excluding carboxylic acids is 2. The molecule has 0 heterocycles. The van der Waals surface area contributed by atoms with E-state index in [4.69, 9.17) is 0 Å². The molecule has 3 rings (SSSR count). The van der Waals surface area contributed by atoms with Gasteiger partial charge < -0.3 is 0 Å². The molecule has 0 aliphatic heterocycles. The van der Waals surface area contributed by atoms with Crippen molar-refractivity contribution in [1.82, 2.24) is 0 Å². The molecule has 0 amide bonds. The summed E-state index contributed by atoms with van der Waals surface area (Å²) < 4.78 is 37.9. The monoisotopic (exact) mass is 344 g/mol. The van der Waals surface area contributed by atoms with E-state index < -0.39 is 11.7 Å². The number of aryl methyl sites for hydroxylation is 1. The number of ketones is 2. The molecule has 2 aromatic carbocycles. The molecular formula is C20H15F3O2. The maximum absolute atomic E-state index is 12.7. The third kappa shape index (κ3) is 3.14. The molecule has 128 valence electrons. The van der Waals surface area contributed by atoms with Crippen molar-refractivity contribution in [2.24, 2.45) is 0 Å². The van der Waals surface area contributed by atoms with E-state index in [2.05, 4.69) is 0 Å². The predicted molar refractivity (Wildman–Crippen MR) is 87.7 cm³/mol.